The van der Waals surface area contributed by atoms with Gasteiger partial charge < -0.3 is 34.8 Å². The smallest absolute Gasteiger partial charge is 0.421 e. The SMILES string of the molecule is CCOP(=O)(OCC)C1(Nc2ncc(C(F)(F)F)c(NC3=C(C(=O)NC)[N+](CC(C)CO)(c4cn[nH]c4)CC=C3)n2)CC=C(C)C=C1OC. The second kappa shape index (κ2) is 15.3. The molecule has 5 N–H and O–H groups in total. The van der Waals surface area contributed by atoms with Crippen LogP contribution in [0.2, 0.25) is 0 Å². The van der Waals surface area contributed by atoms with Gasteiger partial charge in [-0.1, -0.05) is 18.6 Å². The van der Waals surface area contributed by atoms with Gasteiger partial charge in [0.1, 0.15) is 35.6 Å². The maximum Gasteiger partial charge on any atom is 0.421 e. The molecule has 2 aromatic rings. The Labute approximate surface area is 282 Å². The number of anilines is 2. The van der Waals surface area contributed by atoms with Crippen molar-refractivity contribution in [3.05, 3.63) is 71.2 Å². The van der Waals surface area contributed by atoms with E-state index in [9.17, 15) is 27.6 Å². The Kier molecular flexibility index (Phi) is 11.8. The van der Waals surface area contributed by atoms with Crippen LogP contribution in [0.5, 0.6) is 0 Å². The molecule has 18 heteroatoms. The van der Waals surface area contributed by atoms with Gasteiger partial charge in [0.2, 0.25) is 16.9 Å². The van der Waals surface area contributed by atoms with Crippen LogP contribution in [-0.4, -0.2) is 83.5 Å². The highest BCUT2D eigenvalue weighted by Crippen LogP contribution is 2.65. The highest BCUT2D eigenvalue weighted by atomic mass is 31.2. The average molecular weight is 712 g/mol. The van der Waals surface area contributed by atoms with Gasteiger partial charge in [0, 0.05) is 25.6 Å². The summed E-state index contributed by atoms with van der Waals surface area (Å²) in [7, 11) is -1.37. The highest BCUT2D eigenvalue weighted by molar-refractivity contribution is 7.56. The molecule has 0 fully saturated rings. The molecule has 4 rings (SSSR count). The number of methoxy groups -OCH3 is 1. The molecule has 49 heavy (non-hydrogen) atoms. The molecule has 0 spiro atoms. The quantitative estimate of drug-likeness (QED) is 0.124. The van der Waals surface area contributed by atoms with Crippen LogP contribution in [0.25, 0.3) is 0 Å². The number of alkyl halides is 3. The second-order valence-electron chi connectivity index (χ2n) is 11.6. The number of rotatable bonds is 15. The number of halogens is 3. The van der Waals surface area contributed by atoms with Gasteiger partial charge in [-0.15, -0.1) is 0 Å². The number of aromatic amines is 1. The third-order valence-electron chi connectivity index (χ3n) is 8.18. The standard InChI is InChI=1S/C31H42F3N8O6P/c1-7-47-49(45,48-8-2)30(12-11-20(3)14-25(30)46-6)41-29-36-17-23(31(32,33)34)27(40-29)39-24-10-9-13-42(18-21(4)19-43,22-15-37-38-16-22)26(24)28(44)35-5/h9-11,14-17,21,43H,7-8,12-13,18-19H2,1-6H3,(H3-,35,36,37,38,39,40,41,44)/p+1. The number of aliphatic hydroxyl groups excluding tert-OH is 1. The first-order valence-corrected chi connectivity index (χ1v) is 17.2. The van der Waals surface area contributed by atoms with Gasteiger partial charge in [0.05, 0.1) is 39.7 Å². The van der Waals surface area contributed by atoms with Gasteiger partial charge in [-0.25, -0.2) is 9.47 Å². The first-order chi connectivity index (χ1) is 23.2. The number of carbonyl (C=O) groups is 1. The summed E-state index contributed by atoms with van der Waals surface area (Å²) in [5.74, 6) is -1.78. The predicted octanol–water partition coefficient (Wildman–Crippen LogP) is 5.05. The van der Waals surface area contributed by atoms with E-state index >= 15 is 0 Å². The molecule has 0 saturated heterocycles. The number of hydrogen-bond donors (Lipinski definition) is 5. The number of nitrogens with one attached hydrogen (secondary N) is 4. The van der Waals surface area contributed by atoms with Crippen molar-refractivity contribution < 1.29 is 41.4 Å². The fraction of sp³-hybridized carbons (Fsp3) is 0.484. The van der Waals surface area contributed by atoms with Crippen molar-refractivity contribution in [3.63, 3.8) is 0 Å². The van der Waals surface area contributed by atoms with Crippen molar-refractivity contribution in [2.45, 2.75) is 45.6 Å². The average Bonchev–Trinajstić information content (AvgIpc) is 3.61. The molecule has 0 radical (unpaired) electrons. The molecule has 2 aromatic heterocycles. The fourth-order valence-electron chi connectivity index (χ4n) is 5.97. The Morgan fingerprint density at radius 2 is 1.96 bits per heavy atom. The van der Waals surface area contributed by atoms with Crippen LogP contribution in [0.15, 0.2) is 65.6 Å². The lowest BCUT2D eigenvalue weighted by atomic mass is 10.0. The number of H-pyrrole nitrogens is 1. The van der Waals surface area contributed by atoms with Crippen LogP contribution < -0.4 is 20.4 Å². The zero-order chi connectivity index (χ0) is 36.0. The third-order valence-corrected chi connectivity index (χ3v) is 10.8. The minimum atomic E-state index is -4.92. The van der Waals surface area contributed by atoms with E-state index in [-0.39, 0.29) is 72.8 Å². The third kappa shape index (κ3) is 7.45. The van der Waals surface area contributed by atoms with Crippen molar-refractivity contribution in [2.75, 3.05) is 57.7 Å². The zero-order valence-corrected chi connectivity index (χ0v) is 29.1. The summed E-state index contributed by atoms with van der Waals surface area (Å²) in [6.07, 6.45) is 5.39. The topological polar surface area (TPSA) is 173 Å². The summed E-state index contributed by atoms with van der Waals surface area (Å²) >= 11 is 0. The predicted molar refractivity (Wildman–Crippen MR) is 178 cm³/mol. The number of allylic oxidation sites excluding steroid dienone is 3. The fourth-order valence-corrected chi connectivity index (χ4v) is 8.14. The van der Waals surface area contributed by atoms with E-state index in [1.807, 2.05) is 6.92 Å². The van der Waals surface area contributed by atoms with E-state index in [0.29, 0.717) is 11.9 Å². The lowest BCUT2D eigenvalue weighted by Gasteiger charge is -2.41. The van der Waals surface area contributed by atoms with Crippen molar-refractivity contribution in [3.8, 4) is 0 Å². The maximum atomic E-state index is 14.5. The van der Waals surface area contributed by atoms with E-state index in [1.165, 1.54) is 26.4 Å². The number of quaternary nitrogens is 1. The molecular weight excluding hydrogens is 668 g/mol. The van der Waals surface area contributed by atoms with Crippen molar-refractivity contribution in [1.82, 2.24) is 30.0 Å². The number of aromatic nitrogens is 4. The molecule has 0 aromatic carbocycles. The van der Waals surface area contributed by atoms with Crippen molar-refractivity contribution in [1.29, 1.82) is 0 Å². The molecule has 1 aliphatic carbocycles. The summed E-state index contributed by atoms with van der Waals surface area (Å²) < 4.78 is 74.9. The summed E-state index contributed by atoms with van der Waals surface area (Å²) in [6.45, 7) is 7.11. The highest BCUT2D eigenvalue weighted by Gasteiger charge is 2.56. The molecule has 0 saturated carbocycles. The Balaban J connectivity index is 1.93. The van der Waals surface area contributed by atoms with Gasteiger partial charge in [0.25, 0.3) is 0 Å². The first kappa shape index (κ1) is 37.8. The van der Waals surface area contributed by atoms with Gasteiger partial charge in [-0.3, -0.25) is 14.5 Å². The Bertz CT molecular complexity index is 1670. The molecule has 0 bridgehead atoms. The van der Waals surface area contributed by atoms with E-state index in [1.54, 1.807) is 45.2 Å². The Morgan fingerprint density at radius 3 is 2.53 bits per heavy atom. The molecule has 1 aliphatic heterocycles. The summed E-state index contributed by atoms with van der Waals surface area (Å²) in [6, 6.07) is 0. The number of hydrogen-bond acceptors (Lipinski definition) is 11. The molecule has 2 aliphatic rings. The number of carbonyl (C=O) groups excluding carboxylic acids is 1. The zero-order valence-electron chi connectivity index (χ0n) is 28.2. The van der Waals surface area contributed by atoms with E-state index in [0.717, 1.165) is 5.57 Å². The summed E-state index contributed by atoms with van der Waals surface area (Å²) in [5, 5.41) is 23.3. The molecular formula is C31H43F3N8O6P+. The molecule has 3 atom stereocenters. The van der Waals surface area contributed by atoms with Crippen LogP contribution in [0.4, 0.5) is 30.6 Å². The lowest BCUT2D eigenvalue weighted by molar-refractivity contribution is -0.137. The number of likely N-dealkylation sites (N-methyl/N-ethyl adjacent to an activating group) is 1. The Morgan fingerprint density at radius 1 is 1.24 bits per heavy atom. The molecule has 14 nitrogen and oxygen atoms in total. The lowest BCUT2D eigenvalue weighted by Crippen LogP contribution is -2.57. The minimum absolute atomic E-state index is 0.00457. The van der Waals surface area contributed by atoms with Crippen LogP contribution in [-0.2, 0) is 29.3 Å². The Hall–Kier alpha value is -4.02. The molecule has 268 valence electrons. The second-order valence-corrected chi connectivity index (χ2v) is 13.9. The van der Waals surface area contributed by atoms with Crippen LogP contribution in [0, 0.1) is 5.92 Å². The van der Waals surface area contributed by atoms with E-state index in [4.69, 9.17) is 13.8 Å². The number of aliphatic hydroxyl groups is 1. The number of nitrogens with zero attached hydrogens (tertiary/aromatic N) is 4. The van der Waals surface area contributed by atoms with Gasteiger partial charge in [-0.05, 0) is 39.0 Å². The van der Waals surface area contributed by atoms with Gasteiger partial charge in [0.15, 0.2) is 5.69 Å². The van der Waals surface area contributed by atoms with E-state index < -0.39 is 36.3 Å². The summed E-state index contributed by atoms with van der Waals surface area (Å²) in [5.41, 5.74) is 0.202. The van der Waals surface area contributed by atoms with Gasteiger partial charge in [-0.2, -0.15) is 23.3 Å². The van der Waals surface area contributed by atoms with E-state index in [2.05, 4.69) is 36.1 Å². The van der Waals surface area contributed by atoms with Crippen LogP contribution in [0.1, 0.15) is 39.7 Å². The van der Waals surface area contributed by atoms with Gasteiger partial charge >= 0.3 is 19.7 Å². The van der Waals surface area contributed by atoms with Crippen LogP contribution in [0.3, 0.4) is 0 Å². The number of ether oxygens (including phenoxy) is 1. The van der Waals surface area contributed by atoms with Crippen molar-refractivity contribution >= 4 is 31.0 Å². The van der Waals surface area contributed by atoms with Crippen molar-refractivity contribution in [2.24, 2.45) is 5.92 Å². The largest absolute Gasteiger partial charge is 0.498 e. The monoisotopic (exact) mass is 711 g/mol. The number of amides is 1. The van der Waals surface area contributed by atoms with Crippen LogP contribution >= 0.6 is 7.60 Å². The molecule has 1 amide bonds. The maximum absolute atomic E-state index is 14.5. The normalized spacial score (nSPS) is 21.9. The summed E-state index contributed by atoms with van der Waals surface area (Å²) in [4.78, 5) is 21.8. The first-order valence-electron chi connectivity index (χ1n) is 15.7. The minimum Gasteiger partial charge on any atom is -0.498 e. The molecule has 3 unspecified atom stereocenters. The molecule has 3 heterocycles.